The molecule has 0 N–H and O–H groups in total. The van der Waals surface area contributed by atoms with Crippen molar-refractivity contribution in [3.63, 3.8) is 0 Å². The first-order valence-electron chi connectivity index (χ1n) is 8.51. The molecule has 1 fully saturated rings. The molecular weight excluding hydrogens is 318 g/mol. The molecule has 0 radical (unpaired) electrons. The molecule has 1 amide bonds. The van der Waals surface area contributed by atoms with E-state index in [1.165, 1.54) is 0 Å². The number of carbonyl (C=O) groups is 1. The summed E-state index contributed by atoms with van der Waals surface area (Å²) in [4.78, 5) is 22.9. The highest BCUT2D eigenvalue weighted by atomic mass is 16.5. The van der Waals surface area contributed by atoms with Gasteiger partial charge in [0.2, 0.25) is 11.8 Å². The number of amides is 1. The number of likely N-dealkylation sites (tertiary alicyclic amines) is 1. The van der Waals surface area contributed by atoms with E-state index < -0.39 is 0 Å². The van der Waals surface area contributed by atoms with Crippen molar-refractivity contribution >= 4 is 5.91 Å². The molecule has 1 unspecified atom stereocenters. The first kappa shape index (κ1) is 17.2. The second-order valence-corrected chi connectivity index (χ2v) is 6.21. The largest absolute Gasteiger partial charge is 0.497 e. The van der Waals surface area contributed by atoms with Crippen LogP contribution < -0.4 is 9.47 Å². The SMILES string of the molecule is COc1ccc(Oc2cc(C)nc(C3CCCCN3C(C)=O)n2)cc1. The lowest BCUT2D eigenvalue weighted by Crippen LogP contribution is -2.37. The summed E-state index contributed by atoms with van der Waals surface area (Å²) in [6, 6.07) is 9.06. The number of methoxy groups -OCH3 is 1. The smallest absolute Gasteiger partial charge is 0.222 e. The van der Waals surface area contributed by atoms with Gasteiger partial charge in [-0.05, 0) is 50.5 Å². The Balaban J connectivity index is 1.85. The van der Waals surface area contributed by atoms with Crippen LogP contribution in [0.1, 0.15) is 43.7 Å². The van der Waals surface area contributed by atoms with E-state index in [1.807, 2.05) is 36.1 Å². The summed E-state index contributed by atoms with van der Waals surface area (Å²) in [5.41, 5.74) is 0.822. The maximum absolute atomic E-state index is 11.9. The molecule has 25 heavy (non-hydrogen) atoms. The van der Waals surface area contributed by atoms with Crippen molar-refractivity contribution in [1.82, 2.24) is 14.9 Å². The van der Waals surface area contributed by atoms with Crippen LogP contribution in [0.4, 0.5) is 0 Å². The van der Waals surface area contributed by atoms with Crippen LogP contribution in [0.2, 0.25) is 0 Å². The van der Waals surface area contributed by atoms with Crippen LogP contribution in [0.3, 0.4) is 0 Å². The van der Waals surface area contributed by atoms with Gasteiger partial charge in [0.25, 0.3) is 0 Å². The fraction of sp³-hybridized carbons (Fsp3) is 0.421. The second kappa shape index (κ2) is 7.51. The molecular formula is C19H23N3O3. The van der Waals surface area contributed by atoms with Gasteiger partial charge >= 0.3 is 0 Å². The summed E-state index contributed by atoms with van der Waals surface area (Å²) >= 11 is 0. The fourth-order valence-electron chi connectivity index (χ4n) is 3.10. The highest BCUT2D eigenvalue weighted by Crippen LogP contribution is 2.31. The Hall–Kier alpha value is -2.63. The molecule has 1 aliphatic heterocycles. The normalized spacial score (nSPS) is 17.2. The Kier molecular flexibility index (Phi) is 5.16. The lowest BCUT2D eigenvalue weighted by molar-refractivity contribution is -0.132. The molecule has 6 heteroatoms. The van der Waals surface area contributed by atoms with Gasteiger partial charge in [0.1, 0.15) is 11.5 Å². The van der Waals surface area contributed by atoms with Crippen molar-refractivity contribution in [2.45, 2.75) is 39.2 Å². The van der Waals surface area contributed by atoms with Crippen LogP contribution in [-0.2, 0) is 4.79 Å². The summed E-state index contributed by atoms with van der Waals surface area (Å²) in [5, 5.41) is 0. The predicted molar refractivity (Wildman–Crippen MR) is 93.8 cm³/mol. The number of aryl methyl sites for hydroxylation is 1. The molecule has 0 saturated carbocycles. The molecule has 0 spiro atoms. The molecule has 1 aliphatic rings. The second-order valence-electron chi connectivity index (χ2n) is 6.21. The molecule has 132 valence electrons. The van der Waals surface area contributed by atoms with Crippen molar-refractivity contribution in [1.29, 1.82) is 0 Å². The molecule has 3 rings (SSSR count). The number of benzene rings is 1. The van der Waals surface area contributed by atoms with Crippen molar-refractivity contribution in [2.24, 2.45) is 0 Å². The molecule has 2 aromatic rings. The van der Waals surface area contributed by atoms with E-state index in [0.717, 1.165) is 37.3 Å². The maximum Gasteiger partial charge on any atom is 0.222 e. The van der Waals surface area contributed by atoms with Crippen molar-refractivity contribution in [3.8, 4) is 17.4 Å². The first-order valence-corrected chi connectivity index (χ1v) is 8.51. The van der Waals surface area contributed by atoms with E-state index in [-0.39, 0.29) is 11.9 Å². The van der Waals surface area contributed by atoms with Crippen molar-refractivity contribution < 1.29 is 14.3 Å². The van der Waals surface area contributed by atoms with Crippen LogP contribution in [0.15, 0.2) is 30.3 Å². The van der Waals surface area contributed by atoms with E-state index >= 15 is 0 Å². The fourth-order valence-corrected chi connectivity index (χ4v) is 3.10. The third kappa shape index (κ3) is 4.07. The zero-order chi connectivity index (χ0) is 17.8. The van der Waals surface area contributed by atoms with Gasteiger partial charge in [0, 0.05) is 25.2 Å². The molecule has 1 aromatic heterocycles. The maximum atomic E-state index is 11.9. The van der Waals surface area contributed by atoms with Gasteiger partial charge in [-0.15, -0.1) is 0 Å². The average molecular weight is 341 g/mol. The highest BCUT2D eigenvalue weighted by Gasteiger charge is 2.28. The van der Waals surface area contributed by atoms with Crippen molar-refractivity contribution in [2.75, 3.05) is 13.7 Å². The number of nitrogens with zero attached hydrogens (tertiary/aromatic N) is 3. The summed E-state index contributed by atoms with van der Waals surface area (Å²) in [6.07, 6.45) is 2.97. The monoisotopic (exact) mass is 341 g/mol. The zero-order valence-electron chi connectivity index (χ0n) is 14.9. The van der Waals surface area contributed by atoms with E-state index in [4.69, 9.17) is 9.47 Å². The lowest BCUT2D eigenvalue weighted by atomic mass is 10.0. The van der Waals surface area contributed by atoms with E-state index in [9.17, 15) is 4.79 Å². The minimum Gasteiger partial charge on any atom is -0.497 e. The molecule has 6 nitrogen and oxygen atoms in total. The van der Waals surface area contributed by atoms with Crippen LogP contribution >= 0.6 is 0 Å². The number of piperidine rings is 1. The number of hydrogen-bond acceptors (Lipinski definition) is 5. The van der Waals surface area contributed by atoms with E-state index in [2.05, 4.69) is 9.97 Å². The third-order valence-electron chi connectivity index (χ3n) is 4.34. The van der Waals surface area contributed by atoms with Crippen LogP contribution in [-0.4, -0.2) is 34.4 Å². The molecule has 1 saturated heterocycles. The Morgan fingerprint density at radius 3 is 2.56 bits per heavy atom. The third-order valence-corrected chi connectivity index (χ3v) is 4.34. The molecule has 1 atom stereocenters. The standard InChI is InChI=1S/C19H23N3O3/c1-13-12-18(25-16-9-7-15(24-3)8-10-16)21-19(20-13)17-6-4-5-11-22(17)14(2)23/h7-10,12,17H,4-6,11H2,1-3H3. The Labute approximate surface area is 147 Å². The number of rotatable bonds is 4. The van der Waals surface area contributed by atoms with Gasteiger partial charge in [-0.25, -0.2) is 4.98 Å². The summed E-state index contributed by atoms with van der Waals surface area (Å²) in [6.45, 7) is 4.27. The number of ether oxygens (including phenoxy) is 2. The van der Waals surface area contributed by atoms with Gasteiger partial charge < -0.3 is 14.4 Å². The lowest BCUT2D eigenvalue weighted by Gasteiger charge is -2.34. The summed E-state index contributed by atoms with van der Waals surface area (Å²) < 4.78 is 11.0. The quantitative estimate of drug-likeness (QED) is 0.849. The Morgan fingerprint density at radius 2 is 1.88 bits per heavy atom. The minimum atomic E-state index is -0.0793. The summed E-state index contributed by atoms with van der Waals surface area (Å²) in [7, 11) is 1.63. The van der Waals surface area contributed by atoms with Gasteiger partial charge in [-0.1, -0.05) is 0 Å². The van der Waals surface area contributed by atoms with Gasteiger partial charge in [-0.2, -0.15) is 4.98 Å². The molecule has 1 aromatic carbocycles. The number of aromatic nitrogens is 2. The topological polar surface area (TPSA) is 64.6 Å². The van der Waals surface area contributed by atoms with Crippen LogP contribution in [0.25, 0.3) is 0 Å². The Bertz CT molecular complexity index is 746. The molecule has 0 bridgehead atoms. The van der Waals surface area contributed by atoms with Gasteiger partial charge in [0.05, 0.1) is 13.2 Å². The van der Waals surface area contributed by atoms with E-state index in [1.54, 1.807) is 20.1 Å². The average Bonchev–Trinajstić information content (AvgIpc) is 2.62. The van der Waals surface area contributed by atoms with Gasteiger partial charge in [0.15, 0.2) is 5.82 Å². The Morgan fingerprint density at radius 1 is 1.16 bits per heavy atom. The highest BCUT2D eigenvalue weighted by molar-refractivity contribution is 5.73. The molecule has 0 aliphatic carbocycles. The predicted octanol–water partition coefficient (Wildman–Crippen LogP) is 3.66. The van der Waals surface area contributed by atoms with Crippen molar-refractivity contribution in [3.05, 3.63) is 41.9 Å². The van der Waals surface area contributed by atoms with Gasteiger partial charge in [-0.3, -0.25) is 4.79 Å². The number of hydrogen-bond donors (Lipinski definition) is 0. The first-order chi connectivity index (χ1) is 12.1. The van der Waals surface area contributed by atoms with Crippen LogP contribution in [0, 0.1) is 6.92 Å². The zero-order valence-corrected chi connectivity index (χ0v) is 14.9. The van der Waals surface area contributed by atoms with Crippen LogP contribution in [0.5, 0.6) is 17.4 Å². The molecule has 2 heterocycles. The number of carbonyl (C=O) groups excluding carboxylic acids is 1. The van der Waals surface area contributed by atoms with E-state index in [0.29, 0.717) is 17.5 Å². The summed E-state index contributed by atoms with van der Waals surface area (Å²) in [5.74, 6) is 2.65. The minimum absolute atomic E-state index is 0.0624.